The second-order valence-electron chi connectivity index (χ2n) is 10.1. The van der Waals surface area contributed by atoms with E-state index in [0.717, 1.165) is 50.2 Å². The molecule has 1 aromatic rings. The van der Waals surface area contributed by atoms with Gasteiger partial charge in [0, 0.05) is 43.4 Å². The van der Waals surface area contributed by atoms with Crippen molar-refractivity contribution in [3.05, 3.63) is 42.7 Å². The van der Waals surface area contributed by atoms with Crippen molar-refractivity contribution in [2.45, 2.75) is 91.0 Å². The van der Waals surface area contributed by atoms with Crippen molar-refractivity contribution in [2.24, 2.45) is 16.1 Å². The third-order valence-corrected chi connectivity index (χ3v) is 7.15. The zero-order valence-electron chi connectivity index (χ0n) is 22.7. The van der Waals surface area contributed by atoms with E-state index in [4.69, 9.17) is 9.84 Å². The fourth-order valence-corrected chi connectivity index (χ4v) is 4.60. The number of hydrogen-bond acceptors (Lipinski definition) is 7. The van der Waals surface area contributed by atoms with E-state index in [1.807, 2.05) is 37.1 Å². The van der Waals surface area contributed by atoms with Gasteiger partial charge in [0.15, 0.2) is 0 Å². The van der Waals surface area contributed by atoms with Gasteiger partial charge >= 0.3 is 0 Å². The number of allylic oxidation sites excluding steroid dienone is 1. The summed E-state index contributed by atoms with van der Waals surface area (Å²) in [5.74, 6) is 0.562. The summed E-state index contributed by atoms with van der Waals surface area (Å²) in [6.45, 7) is 16.2. The van der Waals surface area contributed by atoms with E-state index in [2.05, 4.69) is 47.8 Å². The van der Waals surface area contributed by atoms with Gasteiger partial charge in [-0.05, 0) is 63.7 Å². The molecule has 5 atom stereocenters. The molecule has 1 amide bonds. The molecule has 1 aromatic heterocycles. The van der Waals surface area contributed by atoms with E-state index in [1.54, 1.807) is 12.3 Å². The van der Waals surface area contributed by atoms with Crippen molar-refractivity contribution >= 4 is 17.3 Å². The Morgan fingerprint density at radius 2 is 2.17 bits per heavy atom. The van der Waals surface area contributed by atoms with Crippen molar-refractivity contribution in [1.82, 2.24) is 20.3 Å². The van der Waals surface area contributed by atoms with Gasteiger partial charge in [-0.2, -0.15) is 10.2 Å². The molecule has 0 radical (unpaired) electrons. The Bertz CT molecular complexity index is 918. The van der Waals surface area contributed by atoms with E-state index in [-0.39, 0.29) is 30.1 Å². The Balaban J connectivity index is 1.90. The van der Waals surface area contributed by atoms with Gasteiger partial charge in [-0.15, -0.1) is 0 Å². The summed E-state index contributed by atoms with van der Waals surface area (Å²) in [4.78, 5) is 20.9. The summed E-state index contributed by atoms with van der Waals surface area (Å²) in [5.41, 5.74) is 5.53. The molecule has 1 saturated carbocycles. The number of hydrazone groups is 2. The smallest absolute Gasteiger partial charge is 0.270 e. The topological polar surface area (TPSA) is 82.4 Å². The molecular weight excluding hydrogens is 452 g/mol. The van der Waals surface area contributed by atoms with Crippen LogP contribution < -0.4 is 5.43 Å². The predicted octanol–water partition coefficient (Wildman–Crippen LogP) is 4.56. The minimum atomic E-state index is -0.159. The number of amides is 1. The van der Waals surface area contributed by atoms with Gasteiger partial charge in [0.2, 0.25) is 0 Å². The van der Waals surface area contributed by atoms with Crippen LogP contribution >= 0.6 is 0 Å². The molecule has 3 rings (SSSR count). The molecule has 0 spiro atoms. The summed E-state index contributed by atoms with van der Waals surface area (Å²) in [7, 11) is 0. The first-order chi connectivity index (χ1) is 17.3. The second kappa shape index (κ2) is 13.5. The van der Waals surface area contributed by atoms with Crippen LogP contribution in [0.3, 0.4) is 0 Å². The third kappa shape index (κ3) is 7.63. The van der Waals surface area contributed by atoms with Gasteiger partial charge in [0.25, 0.3) is 5.91 Å². The Morgan fingerprint density at radius 3 is 2.81 bits per heavy atom. The van der Waals surface area contributed by atoms with Crippen LogP contribution in [-0.4, -0.2) is 70.2 Å². The number of carbonyl (C=O) groups excluding carboxylic acids is 1. The molecule has 2 fully saturated rings. The number of nitrogens with one attached hydrogen (secondary N) is 1. The lowest BCUT2D eigenvalue weighted by Gasteiger charge is -2.33. The van der Waals surface area contributed by atoms with Crippen LogP contribution in [0, 0.1) is 5.92 Å². The average Bonchev–Trinajstić information content (AvgIpc) is 3.65. The molecule has 0 aromatic carbocycles. The van der Waals surface area contributed by atoms with Gasteiger partial charge in [0.05, 0.1) is 18.3 Å². The fourth-order valence-electron chi connectivity index (χ4n) is 4.60. The number of hydrogen-bond donors (Lipinski definition) is 1. The van der Waals surface area contributed by atoms with E-state index >= 15 is 0 Å². The molecule has 2 heterocycles. The molecule has 8 heteroatoms. The SMILES string of the molecule is C=C/C(C)=N\NCC(CC)N(C(=O)/C(CC(C)c1ccccn1)=N/N1CCCCOC1C)[C@H]1C[C@H]1C. The lowest BCUT2D eigenvalue weighted by atomic mass is 9.98. The van der Waals surface area contributed by atoms with E-state index in [1.165, 1.54) is 0 Å². The maximum absolute atomic E-state index is 14.3. The zero-order valence-corrected chi connectivity index (χ0v) is 22.7. The fraction of sp³-hybridized carbons (Fsp3) is 0.643. The van der Waals surface area contributed by atoms with Gasteiger partial charge in [0.1, 0.15) is 11.9 Å². The third-order valence-electron chi connectivity index (χ3n) is 7.15. The Kier molecular flexibility index (Phi) is 10.5. The summed E-state index contributed by atoms with van der Waals surface area (Å²) in [6.07, 6.45) is 7.73. The Morgan fingerprint density at radius 1 is 1.39 bits per heavy atom. The normalized spacial score (nSPS) is 24.5. The van der Waals surface area contributed by atoms with Crippen molar-refractivity contribution < 1.29 is 9.53 Å². The van der Waals surface area contributed by atoms with Gasteiger partial charge in [-0.3, -0.25) is 14.8 Å². The number of nitrogens with zero attached hydrogens (tertiary/aromatic N) is 5. The minimum Gasteiger partial charge on any atom is -0.357 e. The number of ether oxygens (including phenoxy) is 1. The lowest BCUT2D eigenvalue weighted by Crippen LogP contribution is -2.50. The van der Waals surface area contributed by atoms with E-state index in [0.29, 0.717) is 24.6 Å². The first-order valence-electron chi connectivity index (χ1n) is 13.4. The van der Waals surface area contributed by atoms with Gasteiger partial charge in [-0.1, -0.05) is 33.4 Å². The molecule has 0 bridgehead atoms. The van der Waals surface area contributed by atoms with Crippen LogP contribution in [0.25, 0.3) is 0 Å². The van der Waals surface area contributed by atoms with Crippen molar-refractivity contribution in [2.75, 3.05) is 19.7 Å². The summed E-state index contributed by atoms with van der Waals surface area (Å²) in [5, 5.41) is 11.3. The predicted molar refractivity (Wildman–Crippen MR) is 146 cm³/mol. The monoisotopic (exact) mass is 496 g/mol. The quantitative estimate of drug-likeness (QED) is 0.339. The van der Waals surface area contributed by atoms with Crippen molar-refractivity contribution in [1.29, 1.82) is 0 Å². The summed E-state index contributed by atoms with van der Waals surface area (Å²) in [6, 6.07) is 6.16. The molecule has 2 aliphatic rings. The second-order valence-corrected chi connectivity index (χ2v) is 10.1. The number of pyridine rings is 1. The van der Waals surface area contributed by atoms with Gasteiger partial charge < -0.3 is 15.1 Å². The van der Waals surface area contributed by atoms with E-state index in [9.17, 15) is 4.79 Å². The van der Waals surface area contributed by atoms with Crippen LogP contribution in [0.2, 0.25) is 0 Å². The Labute approximate surface area is 216 Å². The maximum Gasteiger partial charge on any atom is 0.270 e. The largest absolute Gasteiger partial charge is 0.357 e. The lowest BCUT2D eigenvalue weighted by molar-refractivity contribution is -0.127. The highest BCUT2D eigenvalue weighted by Crippen LogP contribution is 2.37. The highest BCUT2D eigenvalue weighted by atomic mass is 16.5. The highest BCUT2D eigenvalue weighted by molar-refractivity contribution is 6.39. The molecule has 1 aliphatic heterocycles. The molecule has 36 heavy (non-hydrogen) atoms. The number of aromatic nitrogens is 1. The average molecular weight is 497 g/mol. The van der Waals surface area contributed by atoms with Crippen molar-refractivity contribution in [3.63, 3.8) is 0 Å². The van der Waals surface area contributed by atoms with Crippen LogP contribution in [0.15, 0.2) is 47.3 Å². The molecule has 1 N–H and O–H groups in total. The van der Waals surface area contributed by atoms with Crippen LogP contribution in [-0.2, 0) is 9.53 Å². The molecule has 8 nitrogen and oxygen atoms in total. The molecule has 198 valence electrons. The summed E-state index contributed by atoms with van der Waals surface area (Å²) < 4.78 is 5.93. The van der Waals surface area contributed by atoms with Crippen LogP contribution in [0.5, 0.6) is 0 Å². The van der Waals surface area contributed by atoms with E-state index < -0.39 is 0 Å². The Hall–Kier alpha value is -2.74. The van der Waals surface area contributed by atoms with Gasteiger partial charge in [-0.25, -0.2) is 0 Å². The minimum absolute atomic E-state index is 0.0154. The maximum atomic E-state index is 14.3. The number of rotatable bonds is 12. The van der Waals surface area contributed by atoms with Crippen LogP contribution in [0.4, 0.5) is 0 Å². The standard InChI is InChI=1S/C28H44N6O2/c1-7-22(5)31-30-19-24(8-2)34(27-18-21(27)4)28(35)26(17-20(3)25-13-9-10-14-29-25)32-33-15-11-12-16-36-23(33)6/h7,9-10,13-14,20-21,23-24,27,30H,1,8,11-12,15-19H2,2-6H3/b31-22-,32-26+/t20?,21-,23?,24?,27+/m1/s1. The highest BCUT2D eigenvalue weighted by Gasteiger charge is 2.44. The molecule has 3 unspecified atom stereocenters. The molecular formula is C28H44N6O2. The number of carbonyl (C=O) groups is 1. The first-order valence-corrected chi connectivity index (χ1v) is 13.4. The zero-order chi connectivity index (χ0) is 26.1. The summed E-state index contributed by atoms with van der Waals surface area (Å²) >= 11 is 0. The van der Waals surface area contributed by atoms with Crippen molar-refractivity contribution in [3.8, 4) is 0 Å². The van der Waals surface area contributed by atoms with Crippen LogP contribution in [0.1, 0.15) is 78.3 Å². The molecule has 1 aliphatic carbocycles. The molecule has 1 saturated heterocycles. The first kappa shape index (κ1) is 27.8.